The fourth-order valence-corrected chi connectivity index (χ4v) is 1.20. The molecule has 0 bridgehead atoms. The number of hydrogen-bond acceptors (Lipinski definition) is 3. The summed E-state index contributed by atoms with van der Waals surface area (Å²) >= 11 is 0. The van der Waals surface area contributed by atoms with E-state index in [0.717, 1.165) is 6.08 Å². The van der Waals surface area contributed by atoms with Crippen molar-refractivity contribution in [2.24, 2.45) is 4.99 Å². The standard InChI is InChI=1S/C13H12F3NO2/c1-2-19-12(18)9-17-11(13(14,15)16)8-10-6-4-3-5-7-10/h3-9H,2H2,1H3/b11-8-,17-9?. The molecular weight excluding hydrogens is 259 g/mol. The molecule has 1 aromatic carbocycles. The number of nitrogens with zero attached hydrogens (tertiary/aromatic N) is 1. The van der Waals surface area contributed by atoms with E-state index in [-0.39, 0.29) is 6.61 Å². The zero-order valence-electron chi connectivity index (χ0n) is 10.1. The summed E-state index contributed by atoms with van der Waals surface area (Å²) in [5, 5.41) is 0. The number of halogens is 3. The largest absolute Gasteiger partial charge is 0.462 e. The summed E-state index contributed by atoms with van der Waals surface area (Å²) in [7, 11) is 0. The summed E-state index contributed by atoms with van der Waals surface area (Å²) < 4.78 is 42.6. The second kappa shape index (κ2) is 6.72. The first-order valence-electron chi connectivity index (χ1n) is 5.48. The Morgan fingerprint density at radius 1 is 1.32 bits per heavy atom. The van der Waals surface area contributed by atoms with Crippen LogP contribution in [-0.4, -0.2) is 25.0 Å². The van der Waals surface area contributed by atoms with Gasteiger partial charge in [-0.1, -0.05) is 30.3 Å². The van der Waals surface area contributed by atoms with E-state index >= 15 is 0 Å². The summed E-state index contributed by atoms with van der Waals surface area (Å²) in [4.78, 5) is 14.1. The molecule has 0 fully saturated rings. The molecule has 0 aliphatic carbocycles. The van der Waals surface area contributed by atoms with Crippen molar-refractivity contribution in [3.05, 3.63) is 41.6 Å². The van der Waals surface area contributed by atoms with E-state index < -0.39 is 17.8 Å². The van der Waals surface area contributed by atoms with Crippen molar-refractivity contribution in [2.45, 2.75) is 13.1 Å². The summed E-state index contributed by atoms with van der Waals surface area (Å²) in [6.45, 7) is 1.63. The van der Waals surface area contributed by atoms with E-state index in [0.29, 0.717) is 11.8 Å². The molecule has 1 rings (SSSR count). The predicted octanol–water partition coefficient (Wildman–Crippen LogP) is 3.22. The maximum Gasteiger partial charge on any atom is 0.433 e. The van der Waals surface area contributed by atoms with Gasteiger partial charge in [0.15, 0.2) is 0 Å². The molecule has 0 saturated carbocycles. The topological polar surface area (TPSA) is 38.7 Å². The van der Waals surface area contributed by atoms with E-state index in [1.165, 1.54) is 12.1 Å². The number of esters is 1. The predicted molar refractivity (Wildman–Crippen MR) is 65.6 cm³/mol. The first-order valence-corrected chi connectivity index (χ1v) is 5.48. The molecule has 0 aromatic heterocycles. The van der Waals surface area contributed by atoms with Crippen molar-refractivity contribution in [1.29, 1.82) is 0 Å². The minimum Gasteiger partial charge on any atom is -0.462 e. The van der Waals surface area contributed by atoms with E-state index in [4.69, 9.17) is 0 Å². The SMILES string of the molecule is CCOC(=O)C=N/C(=C\c1ccccc1)C(F)(F)F. The number of allylic oxidation sites excluding steroid dienone is 1. The lowest BCUT2D eigenvalue weighted by Gasteiger charge is -2.06. The van der Waals surface area contributed by atoms with Crippen LogP contribution in [-0.2, 0) is 9.53 Å². The Kier molecular flexibility index (Phi) is 5.29. The van der Waals surface area contributed by atoms with Crippen LogP contribution in [0.15, 0.2) is 41.0 Å². The molecule has 0 heterocycles. The van der Waals surface area contributed by atoms with Gasteiger partial charge in [-0.05, 0) is 18.6 Å². The average Bonchev–Trinajstić information content (AvgIpc) is 2.34. The first kappa shape index (κ1) is 14.9. The molecule has 0 aliphatic heterocycles. The van der Waals surface area contributed by atoms with Crippen molar-refractivity contribution >= 4 is 18.3 Å². The van der Waals surface area contributed by atoms with Crippen LogP contribution in [0.2, 0.25) is 0 Å². The summed E-state index contributed by atoms with van der Waals surface area (Å²) in [6, 6.07) is 7.91. The number of alkyl halides is 3. The second-order valence-electron chi connectivity index (χ2n) is 3.45. The molecular formula is C13H12F3NO2. The first-order chi connectivity index (χ1) is 8.93. The average molecular weight is 271 g/mol. The van der Waals surface area contributed by atoms with Crippen molar-refractivity contribution in [3.8, 4) is 0 Å². The quantitative estimate of drug-likeness (QED) is 0.623. The van der Waals surface area contributed by atoms with Gasteiger partial charge in [0, 0.05) is 0 Å². The highest BCUT2D eigenvalue weighted by molar-refractivity contribution is 6.23. The highest BCUT2D eigenvalue weighted by atomic mass is 19.4. The molecule has 1 aromatic rings. The number of aliphatic imine (C=N–C) groups is 1. The Morgan fingerprint density at radius 2 is 1.95 bits per heavy atom. The normalized spacial score (nSPS) is 12.7. The van der Waals surface area contributed by atoms with Crippen LogP contribution in [0.25, 0.3) is 6.08 Å². The summed E-state index contributed by atoms with van der Waals surface area (Å²) in [6.07, 6.45) is -3.26. The van der Waals surface area contributed by atoms with Crippen molar-refractivity contribution in [1.82, 2.24) is 0 Å². The number of benzene rings is 1. The highest BCUT2D eigenvalue weighted by Crippen LogP contribution is 2.28. The Labute approximate surface area is 108 Å². The smallest absolute Gasteiger partial charge is 0.433 e. The molecule has 0 atom stereocenters. The van der Waals surface area contributed by atoms with Gasteiger partial charge in [-0.3, -0.25) is 0 Å². The maximum atomic E-state index is 12.7. The lowest BCUT2D eigenvalue weighted by Crippen LogP contribution is -2.12. The molecule has 6 heteroatoms. The van der Waals surface area contributed by atoms with Crippen LogP contribution in [0.1, 0.15) is 12.5 Å². The molecule has 19 heavy (non-hydrogen) atoms. The van der Waals surface area contributed by atoms with Crippen LogP contribution >= 0.6 is 0 Å². The van der Waals surface area contributed by atoms with Crippen LogP contribution in [0, 0.1) is 0 Å². The van der Waals surface area contributed by atoms with Gasteiger partial charge < -0.3 is 4.74 Å². The second-order valence-corrected chi connectivity index (χ2v) is 3.45. The lowest BCUT2D eigenvalue weighted by molar-refractivity contribution is -0.134. The van der Waals surface area contributed by atoms with E-state index in [1.54, 1.807) is 25.1 Å². The molecule has 0 spiro atoms. The molecule has 0 amide bonds. The van der Waals surface area contributed by atoms with Crippen LogP contribution < -0.4 is 0 Å². The summed E-state index contributed by atoms with van der Waals surface area (Å²) in [5.74, 6) is -0.911. The fourth-order valence-electron chi connectivity index (χ4n) is 1.20. The van der Waals surface area contributed by atoms with Gasteiger partial charge in [-0.25, -0.2) is 9.79 Å². The summed E-state index contributed by atoms with van der Waals surface area (Å²) in [5.41, 5.74) is -0.817. The van der Waals surface area contributed by atoms with Crippen molar-refractivity contribution in [3.63, 3.8) is 0 Å². The minimum absolute atomic E-state index is 0.0780. The fraction of sp³-hybridized carbons (Fsp3) is 0.231. The minimum atomic E-state index is -4.64. The number of rotatable bonds is 4. The third kappa shape index (κ3) is 5.37. The third-order valence-electron chi connectivity index (χ3n) is 1.99. The van der Waals surface area contributed by atoms with Gasteiger partial charge in [0.25, 0.3) is 0 Å². The maximum absolute atomic E-state index is 12.7. The van der Waals surface area contributed by atoms with Gasteiger partial charge in [0.1, 0.15) is 11.9 Å². The molecule has 0 N–H and O–H groups in total. The Balaban J connectivity index is 2.97. The molecule has 0 unspecified atom stereocenters. The van der Waals surface area contributed by atoms with E-state index in [2.05, 4.69) is 9.73 Å². The van der Waals surface area contributed by atoms with E-state index in [9.17, 15) is 18.0 Å². The lowest BCUT2D eigenvalue weighted by atomic mass is 10.2. The van der Waals surface area contributed by atoms with Gasteiger partial charge >= 0.3 is 12.1 Å². The Hall–Kier alpha value is -2.11. The van der Waals surface area contributed by atoms with Gasteiger partial charge in [0.2, 0.25) is 0 Å². The van der Waals surface area contributed by atoms with Gasteiger partial charge in [-0.2, -0.15) is 13.2 Å². The molecule has 3 nitrogen and oxygen atoms in total. The molecule has 102 valence electrons. The molecule has 0 aliphatic rings. The molecule has 0 radical (unpaired) electrons. The van der Waals surface area contributed by atoms with E-state index in [1.807, 2.05) is 0 Å². The van der Waals surface area contributed by atoms with Gasteiger partial charge in [-0.15, -0.1) is 0 Å². The molecule has 0 saturated heterocycles. The number of carbonyl (C=O) groups excluding carboxylic acids is 1. The van der Waals surface area contributed by atoms with Crippen molar-refractivity contribution < 1.29 is 22.7 Å². The Morgan fingerprint density at radius 3 is 2.47 bits per heavy atom. The number of carbonyl (C=O) groups is 1. The third-order valence-corrected chi connectivity index (χ3v) is 1.99. The van der Waals surface area contributed by atoms with Crippen LogP contribution in [0.5, 0.6) is 0 Å². The van der Waals surface area contributed by atoms with Crippen molar-refractivity contribution in [2.75, 3.05) is 6.61 Å². The van der Waals surface area contributed by atoms with Crippen LogP contribution in [0.4, 0.5) is 13.2 Å². The zero-order valence-corrected chi connectivity index (χ0v) is 10.1. The highest BCUT2D eigenvalue weighted by Gasteiger charge is 2.33. The number of hydrogen-bond donors (Lipinski definition) is 0. The van der Waals surface area contributed by atoms with Crippen LogP contribution in [0.3, 0.4) is 0 Å². The van der Waals surface area contributed by atoms with Gasteiger partial charge in [0.05, 0.1) is 6.61 Å². The number of ether oxygens (including phenoxy) is 1. The zero-order chi connectivity index (χ0) is 14.3. The monoisotopic (exact) mass is 271 g/mol. The Bertz CT molecular complexity index is 478.